The van der Waals surface area contributed by atoms with Gasteiger partial charge in [0, 0.05) is 24.3 Å². The highest BCUT2D eigenvalue weighted by Gasteiger charge is 2.41. The quantitative estimate of drug-likeness (QED) is 0.521. The van der Waals surface area contributed by atoms with E-state index in [0.29, 0.717) is 41.0 Å². The number of halogens is 1. The summed E-state index contributed by atoms with van der Waals surface area (Å²) < 4.78 is 14.1. The summed E-state index contributed by atoms with van der Waals surface area (Å²) in [7, 11) is 0. The zero-order chi connectivity index (χ0) is 24.2. The average Bonchev–Trinajstić information content (AvgIpc) is 3.23. The van der Waals surface area contributed by atoms with Crippen molar-refractivity contribution in [3.63, 3.8) is 0 Å². The highest BCUT2D eigenvalue weighted by Crippen LogP contribution is 2.35. The summed E-state index contributed by atoms with van der Waals surface area (Å²) in [5.74, 6) is 0.223. The van der Waals surface area contributed by atoms with E-state index in [2.05, 4.69) is 10.3 Å². The van der Waals surface area contributed by atoms with Crippen LogP contribution >= 0.6 is 11.8 Å². The minimum atomic E-state index is -0.669. The van der Waals surface area contributed by atoms with Crippen LogP contribution in [0.4, 0.5) is 10.1 Å². The van der Waals surface area contributed by atoms with Gasteiger partial charge < -0.3 is 5.32 Å². The van der Waals surface area contributed by atoms with Crippen LogP contribution in [-0.4, -0.2) is 33.8 Å². The lowest BCUT2D eigenvalue weighted by Crippen LogP contribution is -2.41. The first-order valence-electron chi connectivity index (χ1n) is 11.4. The third-order valence-corrected chi connectivity index (χ3v) is 6.83. The maximum Gasteiger partial charge on any atom is 0.259 e. The molecule has 2 amide bonds. The van der Waals surface area contributed by atoms with E-state index in [-0.39, 0.29) is 24.1 Å². The molecule has 0 fully saturated rings. The van der Waals surface area contributed by atoms with E-state index in [1.807, 2.05) is 54.6 Å². The van der Waals surface area contributed by atoms with Crippen molar-refractivity contribution in [3.8, 4) is 0 Å². The van der Waals surface area contributed by atoms with Crippen molar-refractivity contribution in [2.75, 3.05) is 0 Å². The van der Waals surface area contributed by atoms with E-state index >= 15 is 0 Å². The number of para-hydroxylation sites is 1. The molecule has 35 heavy (non-hydrogen) atoms. The molecule has 0 unspecified atom stereocenters. The lowest BCUT2D eigenvalue weighted by atomic mass is 10.1. The molecule has 0 saturated heterocycles. The molecule has 176 valence electrons. The number of carbonyl (C=O) groups is 2. The lowest BCUT2D eigenvalue weighted by molar-refractivity contribution is -0.125. The second-order valence-corrected chi connectivity index (χ2v) is 9.18. The molecule has 0 bridgehead atoms. The SMILES string of the molecule is O=C(CC[C@H]1N=C2c3ccccc3N=C(SCc3ccccc3F)N2C1=O)NCc1ccccc1. The van der Waals surface area contributed by atoms with Crippen LogP contribution in [0.25, 0.3) is 0 Å². The van der Waals surface area contributed by atoms with Crippen molar-refractivity contribution >= 4 is 40.3 Å². The van der Waals surface area contributed by atoms with Crippen LogP contribution in [0.15, 0.2) is 88.8 Å². The number of amides is 2. The molecule has 1 N–H and O–H groups in total. The van der Waals surface area contributed by atoms with Gasteiger partial charge in [0.05, 0.1) is 5.69 Å². The monoisotopic (exact) mass is 486 g/mol. The molecule has 0 spiro atoms. The van der Waals surface area contributed by atoms with Gasteiger partial charge in [-0.2, -0.15) is 0 Å². The normalized spacial score (nSPS) is 16.3. The van der Waals surface area contributed by atoms with Gasteiger partial charge in [0.2, 0.25) is 5.91 Å². The average molecular weight is 487 g/mol. The van der Waals surface area contributed by atoms with E-state index < -0.39 is 6.04 Å². The molecule has 3 aromatic carbocycles. The number of thioether (sulfide) groups is 1. The van der Waals surface area contributed by atoms with E-state index in [1.54, 1.807) is 18.2 Å². The number of benzene rings is 3. The summed E-state index contributed by atoms with van der Waals surface area (Å²) in [4.78, 5) is 36.6. The Morgan fingerprint density at radius 3 is 2.57 bits per heavy atom. The first-order valence-corrected chi connectivity index (χ1v) is 12.4. The Kier molecular flexibility index (Phi) is 6.72. The number of amidine groups is 2. The van der Waals surface area contributed by atoms with Crippen LogP contribution in [0.1, 0.15) is 29.5 Å². The summed E-state index contributed by atoms with van der Waals surface area (Å²) in [6, 6.07) is 23.1. The summed E-state index contributed by atoms with van der Waals surface area (Å²) in [6.07, 6.45) is 0.483. The van der Waals surface area contributed by atoms with Gasteiger partial charge in [-0.05, 0) is 35.7 Å². The van der Waals surface area contributed by atoms with Gasteiger partial charge in [0.1, 0.15) is 17.7 Å². The molecule has 2 aliphatic rings. The molecule has 6 nitrogen and oxygen atoms in total. The Hall–Kier alpha value is -3.78. The minimum Gasteiger partial charge on any atom is -0.352 e. The van der Waals surface area contributed by atoms with Gasteiger partial charge in [0.15, 0.2) is 5.17 Å². The zero-order valence-corrected chi connectivity index (χ0v) is 19.7. The number of aliphatic imine (C=N–C) groups is 2. The van der Waals surface area contributed by atoms with E-state index in [1.165, 1.54) is 22.7 Å². The molecule has 8 heteroatoms. The van der Waals surface area contributed by atoms with Gasteiger partial charge in [-0.1, -0.05) is 72.4 Å². The predicted octanol–water partition coefficient (Wildman–Crippen LogP) is 4.81. The molecule has 1 atom stereocenters. The second-order valence-electron chi connectivity index (χ2n) is 8.23. The molecule has 0 saturated carbocycles. The first kappa shape index (κ1) is 23.0. The van der Waals surface area contributed by atoms with Crippen LogP contribution < -0.4 is 5.32 Å². The molecule has 0 aromatic heterocycles. The smallest absolute Gasteiger partial charge is 0.259 e. The molecule has 0 aliphatic carbocycles. The number of hydrogen-bond donors (Lipinski definition) is 1. The number of fused-ring (bicyclic) bond motifs is 3. The standard InChI is InChI=1S/C27H23FN4O2S/c28-21-12-6-4-10-19(21)17-35-27-31-22-13-7-5-11-20(22)25-30-23(26(34)32(25)27)14-15-24(33)29-16-18-8-2-1-3-9-18/h1-13,23H,14-17H2,(H,29,33)/t23-/m1/s1. The molecule has 5 rings (SSSR count). The third-order valence-electron chi connectivity index (χ3n) is 5.84. The number of rotatable bonds is 7. The minimum absolute atomic E-state index is 0.130. The van der Waals surface area contributed by atoms with Crippen LogP contribution in [0.3, 0.4) is 0 Å². The van der Waals surface area contributed by atoms with Crippen molar-refractivity contribution in [1.82, 2.24) is 10.2 Å². The molecule has 2 heterocycles. The van der Waals surface area contributed by atoms with Gasteiger partial charge >= 0.3 is 0 Å². The largest absolute Gasteiger partial charge is 0.352 e. The van der Waals surface area contributed by atoms with Crippen molar-refractivity contribution in [3.05, 3.63) is 101 Å². The maximum absolute atomic E-state index is 14.1. The van der Waals surface area contributed by atoms with Crippen LogP contribution in [0.2, 0.25) is 0 Å². The summed E-state index contributed by atoms with van der Waals surface area (Å²) >= 11 is 1.30. The van der Waals surface area contributed by atoms with Gasteiger partial charge in [-0.25, -0.2) is 14.3 Å². The molecule has 2 aliphatic heterocycles. The first-order chi connectivity index (χ1) is 17.1. The molecule has 3 aromatic rings. The van der Waals surface area contributed by atoms with Crippen molar-refractivity contribution < 1.29 is 14.0 Å². The fourth-order valence-electron chi connectivity index (χ4n) is 4.00. The Morgan fingerprint density at radius 2 is 1.74 bits per heavy atom. The van der Waals surface area contributed by atoms with E-state index in [0.717, 1.165) is 11.1 Å². The Balaban J connectivity index is 1.29. The molecule has 0 radical (unpaired) electrons. The van der Waals surface area contributed by atoms with E-state index in [9.17, 15) is 14.0 Å². The number of hydrogen-bond acceptors (Lipinski definition) is 5. The highest BCUT2D eigenvalue weighted by atomic mass is 32.2. The Bertz CT molecular complexity index is 1330. The van der Waals surface area contributed by atoms with Crippen molar-refractivity contribution in [2.45, 2.75) is 31.2 Å². The summed E-state index contributed by atoms with van der Waals surface area (Å²) in [5.41, 5.74) is 3.04. The second kappa shape index (κ2) is 10.2. The predicted molar refractivity (Wildman–Crippen MR) is 136 cm³/mol. The Morgan fingerprint density at radius 1 is 1.00 bits per heavy atom. The van der Waals surface area contributed by atoms with Crippen LogP contribution in [-0.2, 0) is 21.9 Å². The van der Waals surface area contributed by atoms with Gasteiger partial charge in [0.25, 0.3) is 5.91 Å². The number of nitrogens with zero attached hydrogens (tertiary/aromatic N) is 3. The third kappa shape index (κ3) is 5.02. The fourth-order valence-corrected chi connectivity index (χ4v) is 4.98. The zero-order valence-electron chi connectivity index (χ0n) is 18.9. The highest BCUT2D eigenvalue weighted by molar-refractivity contribution is 8.13. The Labute approximate surface area is 207 Å². The van der Waals surface area contributed by atoms with E-state index in [4.69, 9.17) is 4.99 Å². The summed E-state index contributed by atoms with van der Waals surface area (Å²) in [5, 5.41) is 3.36. The topological polar surface area (TPSA) is 74.1 Å². The molecular weight excluding hydrogens is 463 g/mol. The van der Waals surface area contributed by atoms with Crippen LogP contribution in [0.5, 0.6) is 0 Å². The van der Waals surface area contributed by atoms with Gasteiger partial charge in [-0.15, -0.1) is 0 Å². The van der Waals surface area contributed by atoms with Gasteiger partial charge in [-0.3, -0.25) is 14.6 Å². The van der Waals surface area contributed by atoms with Crippen molar-refractivity contribution in [1.29, 1.82) is 0 Å². The lowest BCUT2D eigenvalue weighted by Gasteiger charge is -2.25. The molecular formula is C27H23FN4O2S. The maximum atomic E-state index is 14.1. The summed E-state index contributed by atoms with van der Waals surface area (Å²) in [6.45, 7) is 0.440. The van der Waals surface area contributed by atoms with Crippen molar-refractivity contribution in [2.24, 2.45) is 9.98 Å². The number of nitrogens with one attached hydrogen (secondary N) is 1. The van der Waals surface area contributed by atoms with Crippen LogP contribution in [0, 0.1) is 5.82 Å². The fraction of sp³-hybridized carbons (Fsp3) is 0.185. The number of carbonyl (C=O) groups excluding carboxylic acids is 2.